The van der Waals surface area contributed by atoms with E-state index < -0.39 is 6.09 Å². The van der Waals surface area contributed by atoms with Crippen molar-refractivity contribution in [2.45, 2.75) is 6.92 Å². The predicted octanol–water partition coefficient (Wildman–Crippen LogP) is 5.22. The van der Waals surface area contributed by atoms with Crippen molar-refractivity contribution in [3.05, 3.63) is 77.3 Å². The number of hydrogen-bond acceptors (Lipinski definition) is 7. The number of ketones is 1. The molecule has 31 heavy (non-hydrogen) atoms. The van der Waals surface area contributed by atoms with Gasteiger partial charge in [-0.2, -0.15) is 0 Å². The van der Waals surface area contributed by atoms with Crippen LogP contribution >= 0.6 is 11.5 Å². The van der Waals surface area contributed by atoms with Gasteiger partial charge in [-0.15, -0.1) is 5.10 Å². The summed E-state index contributed by atoms with van der Waals surface area (Å²) >= 11 is 1.31. The number of anilines is 1. The van der Waals surface area contributed by atoms with Crippen LogP contribution in [0.2, 0.25) is 0 Å². The predicted molar refractivity (Wildman–Crippen MR) is 121 cm³/mol. The monoisotopic (exact) mass is 430 g/mol. The van der Waals surface area contributed by atoms with Crippen molar-refractivity contribution in [2.24, 2.45) is 0 Å². The zero-order valence-corrected chi connectivity index (χ0v) is 17.4. The second-order valence-corrected chi connectivity index (χ2v) is 7.16. The number of carbonyl (C=O) groups excluding carboxylic acids is 2. The molecule has 0 aliphatic heterocycles. The van der Waals surface area contributed by atoms with Gasteiger partial charge in [0.25, 0.3) is 0 Å². The van der Waals surface area contributed by atoms with Gasteiger partial charge in [0.15, 0.2) is 5.78 Å². The Morgan fingerprint density at radius 3 is 2.68 bits per heavy atom. The minimum absolute atomic E-state index is 0.157. The van der Waals surface area contributed by atoms with Crippen LogP contribution in [0, 0.1) is 0 Å². The van der Waals surface area contributed by atoms with Crippen LogP contribution in [0.4, 0.5) is 10.5 Å². The van der Waals surface area contributed by atoms with Gasteiger partial charge in [0, 0.05) is 27.6 Å². The maximum atomic E-state index is 12.5. The third kappa shape index (κ3) is 4.99. The maximum Gasteiger partial charge on any atom is 0.411 e. The summed E-state index contributed by atoms with van der Waals surface area (Å²) in [6.45, 7) is 2.02. The molecule has 0 radical (unpaired) electrons. The molecule has 2 aromatic heterocycles. The third-order valence-electron chi connectivity index (χ3n) is 4.46. The van der Waals surface area contributed by atoms with Crippen LogP contribution in [-0.4, -0.2) is 33.1 Å². The van der Waals surface area contributed by atoms with Gasteiger partial charge >= 0.3 is 6.09 Å². The lowest BCUT2D eigenvalue weighted by atomic mass is 10.1. The number of ether oxygens (including phenoxy) is 1. The SMILES string of the molecule is CCOC(=O)Nc1ccc(C(=O)C=Cc2ccc3cc(-c4csnn4)ccc3n2)cc1. The first-order chi connectivity index (χ1) is 15.1. The normalized spacial score (nSPS) is 11.0. The number of nitrogens with one attached hydrogen (secondary N) is 1. The van der Waals surface area contributed by atoms with Crippen molar-refractivity contribution < 1.29 is 14.3 Å². The van der Waals surface area contributed by atoms with E-state index >= 15 is 0 Å². The molecule has 0 atom stereocenters. The molecule has 0 fully saturated rings. The molecule has 2 aromatic carbocycles. The lowest BCUT2D eigenvalue weighted by Gasteiger charge is -2.05. The molecule has 154 valence electrons. The Hall–Kier alpha value is -3.91. The highest BCUT2D eigenvalue weighted by Gasteiger charge is 2.06. The number of nitrogens with zero attached hydrogens (tertiary/aromatic N) is 3. The van der Waals surface area contributed by atoms with Crippen molar-refractivity contribution in [1.29, 1.82) is 0 Å². The number of carbonyl (C=O) groups is 2. The zero-order chi connectivity index (χ0) is 21.6. The molecule has 0 saturated carbocycles. The Morgan fingerprint density at radius 1 is 1.10 bits per heavy atom. The van der Waals surface area contributed by atoms with Crippen LogP contribution in [-0.2, 0) is 4.74 Å². The lowest BCUT2D eigenvalue weighted by molar-refractivity contribution is 0.104. The Labute approximate surface area is 182 Å². The summed E-state index contributed by atoms with van der Waals surface area (Å²) in [6.07, 6.45) is 2.64. The molecule has 0 aliphatic carbocycles. The molecular formula is C23H18N4O3S. The minimum atomic E-state index is -0.528. The summed E-state index contributed by atoms with van der Waals surface area (Å²) < 4.78 is 8.72. The van der Waals surface area contributed by atoms with E-state index in [9.17, 15) is 9.59 Å². The molecule has 0 bridgehead atoms. The Balaban J connectivity index is 1.45. The van der Waals surface area contributed by atoms with Gasteiger partial charge in [-0.05, 0) is 73.1 Å². The number of aromatic nitrogens is 3. The van der Waals surface area contributed by atoms with Crippen molar-refractivity contribution in [3.8, 4) is 11.3 Å². The molecule has 0 spiro atoms. The van der Waals surface area contributed by atoms with E-state index in [1.165, 1.54) is 17.6 Å². The Kier molecular flexibility index (Phi) is 6.09. The fourth-order valence-electron chi connectivity index (χ4n) is 2.94. The summed E-state index contributed by atoms with van der Waals surface area (Å²) in [6, 6.07) is 16.3. The van der Waals surface area contributed by atoms with E-state index in [4.69, 9.17) is 4.74 Å². The summed E-state index contributed by atoms with van der Waals surface area (Å²) in [5.41, 5.74) is 4.41. The molecule has 4 aromatic rings. The number of pyridine rings is 1. The number of rotatable bonds is 6. The molecule has 1 N–H and O–H groups in total. The van der Waals surface area contributed by atoms with Crippen molar-refractivity contribution >= 4 is 46.1 Å². The maximum absolute atomic E-state index is 12.5. The number of amides is 1. The first-order valence-electron chi connectivity index (χ1n) is 9.57. The van der Waals surface area contributed by atoms with Gasteiger partial charge in [0.2, 0.25) is 0 Å². The molecule has 0 unspecified atom stereocenters. The summed E-state index contributed by atoms with van der Waals surface area (Å²) in [7, 11) is 0. The fourth-order valence-corrected chi connectivity index (χ4v) is 3.41. The van der Waals surface area contributed by atoms with Gasteiger partial charge < -0.3 is 4.74 Å². The Bertz CT molecular complexity index is 1250. The van der Waals surface area contributed by atoms with Gasteiger partial charge in [0.05, 0.1) is 17.8 Å². The van der Waals surface area contributed by atoms with Crippen LogP contribution < -0.4 is 5.32 Å². The van der Waals surface area contributed by atoms with E-state index in [2.05, 4.69) is 19.9 Å². The van der Waals surface area contributed by atoms with Crippen LogP contribution in [0.15, 0.2) is 66.1 Å². The largest absolute Gasteiger partial charge is 0.450 e. The second-order valence-electron chi connectivity index (χ2n) is 6.55. The average Bonchev–Trinajstić information content (AvgIpc) is 3.33. The highest BCUT2D eigenvalue weighted by Crippen LogP contribution is 2.23. The van der Waals surface area contributed by atoms with E-state index in [0.717, 1.165) is 22.2 Å². The molecule has 2 heterocycles. The molecule has 4 rings (SSSR count). The Morgan fingerprint density at radius 2 is 1.94 bits per heavy atom. The first-order valence-corrected chi connectivity index (χ1v) is 10.4. The van der Waals surface area contributed by atoms with Gasteiger partial charge in [0.1, 0.15) is 5.69 Å². The topological polar surface area (TPSA) is 94.1 Å². The third-order valence-corrected chi connectivity index (χ3v) is 4.97. The fraction of sp³-hybridized carbons (Fsp3) is 0.0870. The van der Waals surface area contributed by atoms with Gasteiger partial charge in [-0.25, -0.2) is 9.78 Å². The molecular weight excluding hydrogens is 412 g/mol. The standard InChI is InChI=1S/C23H18N4O3S/c1-2-30-23(29)25-19-7-3-15(4-8-19)22(28)12-10-18-9-5-16-13-17(6-11-20(16)24-18)21-14-31-27-26-21/h3-14H,2H2,1H3,(H,25,29). The highest BCUT2D eigenvalue weighted by atomic mass is 32.1. The van der Waals surface area contributed by atoms with Crippen LogP contribution in [0.25, 0.3) is 28.2 Å². The number of allylic oxidation sites excluding steroid dienone is 1. The van der Waals surface area contributed by atoms with E-state index in [0.29, 0.717) is 23.6 Å². The molecule has 8 heteroatoms. The summed E-state index contributed by atoms with van der Waals surface area (Å²) in [4.78, 5) is 28.5. The number of hydrogen-bond donors (Lipinski definition) is 1. The quantitative estimate of drug-likeness (QED) is 0.333. The lowest BCUT2D eigenvalue weighted by Crippen LogP contribution is -2.13. The molecule has 7 nitrogen and oxygen atoms in total. The zero-order valence-electron chi connectivity index (χ0n) is 16.6. The molecule has 1 amide bonds. The number of fused-ring (bicyclic) bond motifs is 1. The van der Waals surface area contributed by atoms with Crippen LogP contribution in [0.3, 0.4) is 0 Å². The van der Waals surface area contributed by atoms with Crippen LogP contribution in [0.1, 0.15) is 23.0 Å². The average molecular weight is 430 g/mol. The van der Waals surface area contributed by atoms with E-state index in [1.807, 2.05) is 35.7 Å². The smallest absolute Gasteiger partial charge is 0.411 e. The summed E-state index contributed by atoms with van der Waals surface area (Å²) in [5.74, 6) is -0.157. The van der Waals surface area contributed by atoms with E-state index in [1.54, 1.807) is 37.3 Å². The second kappa shape index (κ2) is 9.27. The van der Waals surface area contributed by atoms with Gasteiger partial charge in [-0.3, -0.25) is 10.1 Å². The minimum Gasteiger partial charge on any atom is -0.450 e. The van der Waals surface area contributed by atoms with Crippen LogP contribution in [0.5, 0.6) is 0 Å². The van der Waals surface area contributed by atoms with Crippen molar-refractivity contribution in [1.82, 2.24) is 14.6 Å². The molecule has 0 saturated heterocycles. The highest BCUT2D eigenvalue weighted by molar-refractivity contribution is 7.03. The molecule has 0 aliphatic rings. The first kappa shape index (κ1) is 20.4. The summed E-state index contributed by atoms with van der Waals surface area (Å²) in [5, 5.41) is 9.56. The van der Waals surface area contributed by atoms with Crippen molar-refractivity contribution in [3.63, 3.8) is 0 Å². The number of benzene rings is 2. The van der Waals surface area contributed by atoms with Crippen molar-refractivity contribution in [2.75, 3.05) is 11.9 Å². The van der Waals surface area contributed by atoms with Gasteiger partial charge in [-0.1, -0.05) is 16.6 Å². The van der Waals surface area contributed by atoms with E-state index in [-0.39, 0.29) is 5.78 Å².